The van der Waals surface area contributed by atoms with Gasteiger partial charge in [-0.3, -0.25) is 0 Å². The number of rotatable bonds is 10. The maximum Gasteiger partial charge on any atom is 0.0614 e. The molecule has 16 aromatic rings. The Morgan fingerprint density at radius 2 is 0.772 bits per heavy atom. The third-order valence-corrected chi connectivity index (χ3v) is 23.8. The van der Waals surface area contributed by atoms with Crippen LogP contribution in [0.25, 0.3) is 128 Å². The minimum Gasteiger partial charge on any atom is -0.310 e. The fraction of sp³-hybridized carbons (Fsp3) is 0.0227. The van der Waals surface area contributed by atoms with Crippen LogP contribution in [0.3, 0.4) is 0 Å². The van der Waals surface area contributed by atoms with Crippen molar-refractivity contribution < 1.29 is 0 Å². The highest BCUT2D eigenvalue weighted by Gasteiger charge is 2.48. The first-order valence-electron chi connectivity index (χ1n) is 31.9. The molecule has 92 heavy (non-hydrogen) atoms. The lowest BCUT2D eigenvalue weighted by molar-refractivity contribution is 0.648. The quantitative estimate of drug-likeness (QED) is 0.130. The van der Waals surface area contributed by atoms with Gasteiger partial charge >= 0.3 is 0 Å². The number of allylic oxidation sites excluding steroid dienone is 5. The van der Waals surface area contributed by atoms with E-state index in [0.717, 1.165) is 17.8 Å². The molecule has 4 heterocycles. The van der Waals surface area contributed by atoms with Crippen molar-refractivity contribution in [3.05, 3.63) is 357 Å². The van der Waals surface area contributed by atoms with E-state index >= 15 is 0 Å². The average molecular weight is 1190 g/mol. The van der Waals surface area contributed by atoms with E-state index < -0.39 is 10.0 Å². The first kappa shape index (κ1) is 52.5. The van der Waals surface area contributed by atoms with Crippen molar-refractivity contribution >= 4 is 76.2 Å². The summed E-state index contributed by atoms with van der Waals surface area (Å²) < 4.78 is 7.56. The lowest BCUT2D eigenvalue weighted by Crippen LogP contribution is -2.33. The fourth-order valence-electron chi connectivity index (χ4n) is 16.0. The number of benzene rings is 13. The zero-order valence-corrected chi connectivity index (χ0v) is 51.2. The van der Waals surface area contributed by atoms with E-state index in [-0.39, 0.29) is 5.41 Å². The molecule has 1 unspecified atom stereocenters. The molecule has 4 heteroatoms. The zero-order chi connectivity index (χ0) is 60.5. The predicted octanol–water partition coefficient (Wildman–Crippen LogP) is 23.5. The maximum absolute atomic E-state index is 2.68. The minimum absolute atomic E-state index is 0.383. The summed E-state index contributed by atoms with van der Waals surface area (Å²) in [5, 5.41) is 6.24. The Hall–Kier alpha value is -11.4. The van der Waals surface area contributed by atoms with Gasteiger partial charge in [0.05, 0.1) is 38.7 Å². The number of hydrogen-bond donors (Lipinski definition) is 0. The fourth-order valence-corrected chi connectivity index (χ4v) is 19.9. The van der Waals surface area contributed by atoms with Gasteiger partial charge in [-0.25, -0.2) is 0 Å². The minimum atomic E-state index is -2.27. The molecule has 0 bridgehead atoms. The van der Waals surface area contributed by atoms with Crippen molar-refractivity contribution in [2.24, 2.45) is 0 Å². The van der Waals surface area contributed by atoms with Crippen molar-refractivity contribution in [3.63, 3.8) is 0 Å². The second-order valence-corrected chi connectivity index (χ2v) is 27.9. The molecule has 1 spiro atoms. The van der Waals surface area contributed by atoms with E-state index in [2.05, 4.69) is 360 Å². The van der Waals surface area contributed by atoms with Gasteiger partial charge in [-0.15, -0.1) is 10.0 Å². The van der Waals surface area contributed by atoms with Crippen LogP contribution in [-0.4, -0.2) is 13.7 Å². The summed E-state index contributed by atoms with van der Waals surface area (Å²) >= 11 is 0. The average Bonchev–Trinajstić information content (AvgIpc) is 1.44. The Balaban J connectivity index is 0.817. The Morgan fingerprint density at radius 1 is 0.304 bits per heavy atom. The van der Waals surface area contributed by atoms with E-state index in [1.807, 2.05) is 0 Å². The van der Waals surface area contributed by atoms with Crippen LogP contribution in [-0.2, 0) is 5.41 Å². The van der Waals surface area contributed by atoms with Gasteiger partial charge in [0.25, 0.3) is 0 Å². The normalized spacial score (nSPS) is 14.9. The molecule has 3 aliphatic rings. The summed E-state index contributed by atoms with van der Waals surface area (Å²) in [7, 11) is -2.27. The zero-order valence-electron chi connectivity index (χ0n) is 50.4. The van der Waals surface area contributed by atoms with E-state index in [0.29, 0.717) is 0 Å². The summed E-state index contributed by atoms with van der Waals surface area (Å²) in [5.41, 5.74) is 23.9. The van der Waals surface area contributed by atoms with Crippen LogP contribution in [0.4, 0.5) is 0 Å². The van der Waals surface area contributed by atoms with Gasteiger partial charge in [-0.1, -0.05) is 237 Å². The molecule has 0 radical (unpaired) electrons. The van der Waals surface area contributed by atoms with Crippen LogP contribution in [0, 0.1) is 0 Å². The number of para-hydroxylation sites is 3. The molecule has 1 atom stereocenters. The molecule has 0 saturated carbocycles. The smallest absolute Gasteiger partial charge is 0.0614 e. The summed E-state index contributed by atoms with van der Waals surface area (Å²) in [6.45, 7) is 0. The number of fused-ring (bicyclic) bond motifs is 12. The van der Waals surface area contributed by atoms with E-state index in [4.69, 9.17) is 0 Å². The van der Waals surface area contributed by atoms with Gasteiger partial charge in [0.2, 0.25) is 0 Å². The third kappa shape index (κ3) is 7.71. The van der Waals surface area contributed by atoms with Gasteiger partial charge in [-0.05, 0) is 160 Å². The second kappa shape index (κ2) is 20.6. The van der Waals surface area contributed by atoms with E-state index in [1.54, 1.807) is 0 Å². The topological polar surface area (TPSA) is 14.8 Å². The molecular weight excluding hydrogens is 1130 g/mol. The summed E-state index contributed by atoms with van der Waals surface area (Å²) in [4.78, 5) is 5.15. The number of hydrogen-bond acceptors (Lipinski definition) is 0. The monoisotopic (exact) mass is 1190 g/mol. The highest BCUT2D eigenvalue weighted by Crippen LogP contribution is 2.75. The van der Waals surface area contributed by atoms with Crippen LogP contribution in [0.1, 0.15) is 23.2 Å². The molecule has 0 N–H and O–H groups in total. The predicted molar refractivity (Wildman–Crippen MR) is 386 cm³/mol. The number of nitrogens with zero attached hydrogens (tertiary/aromatic N) is 3. The second-order valence-electron chi connectivity index (χ2n) is 24.8. The van der Waals surface area contributed by atoms with Gasteiger partial charge in [0.1, 0.15) is 0 Å². The van der Waals surface area contributed by atoms with Crippen molar-refractivity contribution in [1.29, 1.82) is 0 Å². The highest BCUT2D eigenvalue weighted by molar-refractivity contribution is 8.34. The van der Waals surface area contributed by atoms with Crippen LogP contribution >= 0.6 is 10.0 Å². The highest BCUT2D eigenvalue weighted by atomic mass is 32.3. The Labute approximate surface area is 536 Å². The van der Waals surface area contributed by atoms with Crippen molar-refractivity contribution in [3.8, 4) is 61.6 Å². The van der Waals surface area contributed by atoms with Crippen LogP contribution < -0.4 is 0 Å². The van der Waals surface area contributed by atoms with Crippen LogP contribution in [0.2, 0.25) is 0 Å². The molecule has 2 aliphatic carbocycles. The maximum atomic E-state index is 2.68. The molecular formula is C88H59N3S. The molecule has 13 aromatic carbocycles. The Kier molecular flexibility index (Phi) is 11.7. The van der Waals surface area contributed by atoms with Gasteiger partial charge < -0.3 is 13.7 Å². The van der Waals surface area contributed by atoms with Crippen LogP contribution in [0.15, 0.2) is 359 Å². The molecule has 1 aliphatic heterocycles. The van der Waals surface area contributed by atoms with E-state index in [9.17, 15) is 0 Å². The molecule has 19 rings (SSSR count). The molecule has 0 amide bonds. The van der Waals surface area contributed by atoms with Gasteiger partial charge in [0.15, 0.2) is 0 Å². The lowest BCUT2D eigenvalue weighted by Gasteiger charge is -2.45. The number of aromatic nitrogens is 3. The van der Waals surface area contributed by atoms with Crippen LogP contribution in [0.5, 0.6) is 0 Å². The van der Waals surface area contributed by atoms with Crippen molar-refractivity contribution in [1.82, 2.24) is 13.7 Å². The first-order valence-corrected chi connectivity index (χ1v) is 33.6. The SMILES string of the molecule is C1=CC23CC=Cc4c2n(c2ccc(-c5cccc(-n6c7ccccc7c7cc(-n8c9ccccc9c9ccccc98)ccc76)c5)cc42)-c2c(cc(S(c4ccccc4)(c4cccc(-c5ccccc5)c4)c4cccc(-c5ccccc5)c4)cc2-c2ccccc2)C3=C1. The van der Waals surface area contributed by atoms with Crippen molar-refractivity contribution in [2.75, 3.05) is 0 Å². The summed E-state index contributed by atoms with van der Waals surface area (Å²) in [5.74, 6) is 0. The molecule has 3 nitrogen and oxygen atoms in total. The summed E-state index contributed by atoms with van der Waals surface area (Å²) in [6, 6.07) is 118. The standard InChI is InChI=1S/C88H59N3S/c1-5-24-59(25-6-1)63-31-20-36-69(53-63)92(68-34-11-4-12-35-68,70-37-21-32-64(54-70)60-26-7-2-8-27-60)71-57-76(61-28-9-3-10-29-61)86-79(58-71)80-42-23-51-88(80)50-22-41-75-77-55-65(46-48-85(77)91(86)87(75)88)62-30-19-33-66(52-62)89-83-45-18-15-40-74(83)78-56-67(47-49-84(78)89)90-81-43-16-13-38-72(81)73-39-14-17-44-82(73)90/h1-49,51-58H,50H2. The molecule has 0 saturated heterocycles. The Bertz CT molecular complexity index is 5650. The first-order chi connectivity index (χ1) is 45.6. The summed E-state index contributed by atoms with van der Waals surface area (Å²) in [6.07, 6.45) is 13.0. The molecule has 0 fully saturated rings. The largest absolute Gasteiger partial charge is 0.310 e. The lowest BCUT2D eigenvalue weighted by atomic mass is 9.68. The van der Waals surface area contributed by atoms with Crippen molar-refractivity contribution in [2.45, 2.75) is 31.4 Å². The third-order valence-electron chi connectivity index (χ3n) is 19.9. The molecule has 3 aromatic heterocycles. The Morgan fingerprint density at radius 3 is 1.40 bits per heavy atom. The van der Waals surface area contributed by atoms with Gasteiger partial charge in [-0.2, -0.15) is 0 Å². The molecule has 432 valence electrons. The van der Waals surface area contributed by atoms with Gasteiger partial charge in [0, 0.05) is 80.3 Å². The van der Waals surface area contributed by atoms with E-state index in [1.165, 1.54) is 147 Å².